The zero-order chi connectivity index (χ0) is 15.4. The van der Waals surface area contributed by atoms with Gasteiger partial charge in [0.1, 0.15) is 0 Å². The summed E-state index contributed by atoms with van der Waals surface area (Å²) in [5, 5.41) is 11.7. The van der Waals surface area contributed by atoms with Crippen molar-refractivity contribution in [1.29, 1.82) is 0 Å². The molecule has 0 atom stereocenters. The van der Waals surface area contributed by atoms with E-state index in [9.17, 15) is 14.0 Å². The van der Waals surface area contributed by atoms with Gasteiger partial charge in [-0.25, -0.2) is 4.39 Å². The third-order valence-electron chi connectivity index (χ3n) is 3.87. The molecule has 2 rings (SSSR count). The van der Waals surface area contributed by atoms with Crippen LogP contribution in [0.3, 0.4) is 0 Å². The van der Waals surface area contributed by atoms with Gasteiger partial charge in [0.15, 0.2) is 11.6 Å². The minimum atomic E-state index is -0.794. The number of hydrogen-bond acceptors (Lipinski definition) is 3. The molecule has 1 fully saturated rings. The van der Waals surface area contributed by atoms with Gasteiger partial charge >= 0.3 is 5.97 Å². The topological polar surface area (TPSA) is 75.6 Å². The van der Waals surface area contributed by atoms with E-state index in [-0.39, 0.29) is 23.5 Å². The van der Waals surface area contributed by atoms with Crippen LogP contribution in [0.5, 0.6) is 5.75 Å². The molecular formula is C15H18FNO4. The van der Waals surface area contributed by atoms with E-state index in [4.69, 9.17) is 9.84 Å². The molecule has 1 aliphatic carbocycles. The summed E-state index contributed by atoms with van der Waals surface area (Å²) in [5.74, 6) is -1.92. The van der Waals surface area contributed by atoms with Crippen molar-refractivity contribution in [2.24, 2.45) is 11.8 Å². The van der Waals surface area contributed by atoms with Gasteiger partial charge < -0.3 is 15.2 Å². The second-order valence-corrected chi connectivity index (χ2v) is 5.23. The summed E-state index contributed by atoms with van der Waals surface area (Å²) in [6, 6.07) is 4.13. The van der Waals surface area contributed by atoms with Crippen LogP contribution in [-0.4, -0.2) is 24.1 Å². The quantitative estimate of drug-likeness (QED) is 0.895. The lowest BCUT2D eigenvalue weighted by atomic mass is 9.81. The molecule has 0 heterocycles. The van der Waals surface area contributed by atoms with E-state index in [0.717, 1.165) is 0 Å². The predicted octanol–water partition coefficient (Wildman–Crippen LogP) is 2.66. The van der Waals surface area contributed by atoms with E-state index < -0.39 is 11.8 Å². The summed E-state index contributed by atoms with van der Waals surface area (Å²) in [6.45, 7) is 0. The highest BCUT2D eigenvalue weighted by Crippen LogP contribution is 2.30. The van der Waals surface area contributed by atoms with Gasteiger partial charge in [0.2, 0.25) is 5.91 Å². The van der Waals surface area contributed by atoms with Crippen molar-refractivity contribution in [2.75, 3.05) is 12.4 Å². The first kappa shape index (κ1) is 15.3. The zero-order valence-electron chi connectivity index (χ0n) is 11.8. The van der Waals surface area contributed by atoms with Crippen molar-refractivity contribution in [3.63, 3.8) is 0 Å². The van der Waals surface area contributed by atoms with Crippen LogP contribution in [0.1, 0.15) is 25.7 Å². The second kappa shape index (κ2) is 6.56. The van der Waals surface area contributed by atoms with Crippen molar-refractivity contribution in [3.05, 3.63) is 24.0 Å². The molecule has 0 spiro atoms. The summed E-state index contributed by atoms with van der Waals surface area (Å²) < 4.78 is 18.1. The molecular weight excluding hydrogens is 277 g/mol. The lowest BCUT2D eigenvalue weighted by Crippen LogP contribution is -2.29. The Kier molecular flexibility index (Phi) is 4.77. The lowest BCUT2D eigenvalue weighted by Gasteiger charge is -2.25. The fraction of sp³-hybridized carbons (Fsp3) is 0.467. The van der Waals surface area contributed by atoms with E-state index in [1.165, 1.54) is 25.3 Å². The Morgan fingerprint density at radius 2 is 1.86 bits per heavy atom. The summed E-state index contributed by atoms with van der Waals surface area (Å²) in [7, 11) is 1.36. The largest absolute Gasteiger partial charge is 0.494 e. The number of methoxy groups -OCH3 is 1. The van der Waals surface area contributed by atoms with Crippen LogP contribution < -0.4 is 10.1 Å². The molecule has 0 saturated heterocycles. The van der Waals surface area contributed by atoms with Crippen LogP contribution in [0.25, 0.3) is 0 Å². The van der Waals surface area contributed by atoms with Crippen LogP contribution in [0, 0.1) is 17.7 Å². The molecule has 21 heavy (non-hydrogen) atoms. The number of anilines is 1. The standard InChI is InChI=1S/C15H18FNO4/c1-21-13-8-11(6-7-12(13)16)17-14(18)9-2-4-10(5-3-9)15(19)20/h6-10H,2-5H2,1H3,(H,17,18)(H,19,20). The van der Waals surface area contributed by atoms with Gasteiger partial charge in [0, 0.05) is 17.7 Å². The SMILES string of the molecule is COc1cc(NC(=O)C2CCC(C(=O)O)CC2)ccc1F. The molecule has 1 aliphatic rings. The van der Waals surface area contributed by atoms with Crippen molar-refractivity contribution < 1.29 is 23.8 Å². The molecule has 1 aromatic carbocycles. The molecule has 1 aromatic rings. The van der Waals surface area contributed by atoms with Crippen molar-refractivity contribution >= 4 is 17.6 Å². The van der Waals surface area contributed by atoms with Gasteiger partial charge in [-0.1, -0.05) is 0 Å². The Balaban J connectivity index is 1.95. The number of benzene rings is 1. The summed E-state index contributed by atoms with van der Waals surface area (Å²) >= 11 is 0. The van der Waals surface area contributed by atoms with Crippen LogP contribution >= 0.6 is 0 Å². The predicted molar refractivity (Wildman–Crippen MR) is 74.7 cm³/mol. The number of nitrogens with one attached hydrogen (secondary N) is 1. The summed E-state index contributed by atoms with van der Waals surface area (Å²) in [4.78, 5) is 23.0. The number of carbonyl (C=O) groups is 2. The van der Waals surface area contributed by atoms with Crippen LogP contribution in [-0.2, 0) is 9.59 Å². The smallest absolute Gasteiger partial charge is 0.306 e. The summed E-state index contributed by atoms with van der Waals surface area (Å²) in [5.41, 5.74) is 0.471. The van der Waals surface area contributed by atoms with E-state index >= 15 is 0 Å². The first-order valence-corrected chi connectivity index (χ1v) is 6.88. The number of carboxylic acid groups (broad SMARTS) is 1. The molecule has 0 aliphatic heterocycles. The van der Waals surface area contributed by atoms with Crippen molar-refractivity contribution in [2.45, 2.75) is 25.7 Å². The van der Waals surface area contributed by atoms with E-state index in [1.807, 2.05) is 0 Å². The highest BCUT2D eigenvalue weighted by Gasteiger charge is 2.29. The molecule has 114 valence electrons. The highest BCUT2D eigenvalue weighted by molar-refractivity contribution is 5.92. The van der Waals surface area contributed by atoms with Crippen LogP contribution in [0.15, 0.2) is 18.2 Å². The Labute approximate surface area is 122 Å². The normalized spacial score (nSPS) is 21.6. The maximum atomic E-state index is 13.3. The van der Waals surface area contributed by atoms with Gasteiger partial charge in [-0.2, -0.15) is 0 Å². The molecule has 0 bridgehead atoms. The first-order valence-electron chi connectivity index (χ1n) is 6.88. The number of carbonyl (C=O) groups excluding carboxylic acids is 1. The second-order valence-electron chi connectivity index (χ2n) is 5.23. The van der Waals surface area contributed by atoms with Crippen molar-refractivity contribution in [1.82, 2.24) is 0 Å². The minimum Gasteiger partial charge on any atom is -0.494 e. The van der Waals surface area contributed by atoms with Crippen LogP contribution in [0.2, 0.25) is 0 Å². The van der Waals surface area contributed by atoms with Gasteiger partial charge in [-0.05, 0) is 37.8 Å². The Bertz CT molecular complexity index is 538. The number of carboxylic acids is 1. The number of ether oxygens (including phenoxy) is 1. The fourth-order valence-electron chi connectivity index (χ4n) is 2.58. The monoisotopic (exact) mass is 295 g/mol. The van der Waals surface area contributed by atoms with Gasteiger partial charge in [-0.15, -0.1) is 0 Å². The third-order valence-corrected chi connectivity index (χ3v) is 3.87. The fourth-order valence-corrected chi connectivity index (χ4v) is 2.58. The highest BCUT2D eigenvalue weighted by atomic mass is 19.1. The molecule has 0 unspecified atom stereocenters. The number of rotatable bonds is 4. The molecule has 5 nitrogen and oxygen atoms in total. The number of aliphatic carboxylic acids is 1. The maximum absolute atomic E-state index is 13.3. The number of amides is 1. The van der Waals surface area contributed by atoms with E-state index in [1.54, 1.807) is 0 Å². The van der Waals surface area contributed by atoms with E-state index in [2.05, 4.69) is 5.32 Å². The molecule has 1 saturated carbocycles. The van der Waals surface area contributed by atoms with Crippen LogP contribution in [0.4, 0.5) is 10.1 Å². The van der Waals surface area contributed by atoms with Gasteiger partial charge in [0.05, 0.1) is 13.0 Å². The Morgan fingerprint density at radius 1 is 1.24 bits per heavy atom. The van der Waals surface area contributed by atoms with Gasteiger partial charge in [-0.3, -0.25) is 9.59 Å². The average Bonchev–Trinajstić information content (AvgIpc) is 2.49. The Hall–Kier alpha value is -2.11. The Morgan fingerprint density at radius 3 is 2.43 bits per heavy atom. The molecule has 2 N–H and O–H groups in total. The first-order chi connectivity index (χ1) is 10.0. The molecule has 1 amide bonds. The lowest BCUT2D eigenvalue weighted by molar-refractivity contribution is -0.143. The molecule has 0 radical (unpaired) electrons. The average molecular weight is 295 g/mol. The molecule has 6 heteroatoms. The zero-order valence-corrected chi connectivity index (χ0v) is 11.8. The number of halogens is 1. The molecule has 0 aromatic heterocycles. The van der Waals surface area contributed by atoms with Gasteiger partial charge in [0.25, 0.3) is 0 Å². The van der Waals surface area contributed by atoms with Crippen molar-refractivity contribution in [3.8, 4) is 5.75 Å². The number of hydrogen-bond donors (Lipinski definition) is 2. The third kappa shape index (κ3) is 3.71. The maximum Gasteiger partial charge on any atom is 0.306 e. The summed E-state index contributed by atoms with van der Waals surface area (Å²) in [6.07, 6.45) is 2.14. The van der Waals surface area contributed by atoms with E-state index in [0.29, 0.717) is 31.4 Å². The minimum absolute atomic E-state index is 0.0717.